The summed E-state index contributed by atoms with van der Waals surface area (Å²) in [6.45, 7) is 0. The standard InChI is InChI=1S/C18H15ClN2OS2/c19-13-5-4-8-16(9-13)23-11-15-12-24-18(21-15)10-17(22)20-14-6-2-1-3-7-14/h1-9,12H,10-11H2,(H,20,22). The topological polar surface area (TPSA) is 42.0 Å². The predicted molar refractivity (Wildman–Crippen MR) is 102 cm³/mol. The van der Waals surface area contributed by atoms with Crippen LogP contribution in [0.3, 0.4) is 0 Å². The van der Waals surface area contributed by atoms with Gasteiger partial charge in [-0.3, -0.25) is 4.79 Å². The second-order valence-electron chi connectivity index (χ2n) is 5.07. The summed E-state index contributed by atoms with van der Waals surface area (Å²) in [5.74, 6) is 0.710. The first-order valence-corrected chi connectivity index (χ1v) is 9.60. The number of halogens is 1. The highest BCUT2D eigenvalue weighted by Crippen LogP contribution is 2.26. The van der Waals surface area contributed by atoms with Crippen LogP contribution in [0.1, 0.15) is 10.7 Å². The van der Waals surface area contributed by atoms with Gasteiger partial charge in [-0.1, -0.05) is 35.9 Å². The number of aromatic nitrogens is 1. The van der Waals surface area contributed by atoms with Crippen molar-refractivity contribution in [3.05, 3.63) is 75.7 Å². The lowest BCUT2D eigenvalue weighted by atomic mass is 10.3. The molecule has 0 aliphatic rings. The molecule has 3 rings (SSSR count). The molecule has 0 spiro atoms. The molecule has 0 radical (unpaired) electrons. The quantitative estimate of drug-likeness (QED) is 0.597. The molecule has 24 heavy (non-hydrogen) atoms. The highest BCUT2D eigenvalue weighted by atomic mass is 35.5. The number of nitrogens with zero attached hydrogens (tertiary/aromatic N) is 1. The number of hydrogen-bond donors (Lipinski definition) is 1. The van der Waals surface area contributed by atoms with E-state index in [1.165, 1.54) is 11.3 Å². The summed E-state index contributed by atoms with van der Waals surface area (Å²) < 4.78 is 0. The molecule has 1 heterocycles. The second kappa shape index (κ2) is 8.33. The van der Waals surface area contributed by atoms with E-state index in [1.54, 1.807) is 11.8 Å². The molecule has 0 atom stereocenters. The van der Waals surface area contributed by atoms with E-state index in [9.17, 15) is 4.79 Å². The Bertz CT molecular complexity index is 821. The summed E-state index contributed by atoms with van der Waals surface area (Å²) in [7, 11) is 0. The lowest BCUT2D eigenvalue weighted by molar-refractivity contribution is -0.115. The minimum absolute atomic E-state index is 0.0513. The molecule has 1 aromatic heterocycles. The summed E-state index contributed by atoms with van der Waals surface area (Å²) in [5.41, 5.74) is 1.78. The van der Waals surface area contributed by atoms with E-state index >= 15 is 0 Å². The molecule has 2 aromatic carbocycles. The number of thiazole rings is 1. The Morgan fingerprint density at radius 2 is 2.00 bits per heavy atom. The smallest absolute Gasteiger partial charge is 0.231 e. The monoisotopic (exact) mass is 374 g/mol. The first kappa shape index (κ1) is 17.0. The van der Waals surface area contributed by atoms with Crippen LogP contribution in [0.2, 0.25) is 5.02 Å². The molecule has 0 aliphatic carbocycles. The molecule has 0 fully saturated rings. The van der Waals surface area contributed by atoms with Gasteiger partial charge >= 0.3 is 0 Å². The van der Waals surface area contributed by atoms with Gasteiger partial charge in [0, 0.05) is 26.7 Å². The van der Waals surface area contributed by atoms with Crippen LogP contribution in [0.4, 0.5) is 5.69 Å². The van der Waals surface area contributed by atoms with Crippen molar-refractivity contribution in [3.8, 4) is 0 Å². The van der Waals surface area contributed by atoms with Gasteiger partial charge in [-0.15, -0.1) is 23.1 Å². The fourth-order valence-corrected chi connectivity index (χ4v) is 4.07. The van der Waals surface area contributed by atoms with E-state index in [4.69, 9.17) is 11.6 Å². The number of benzene rings is 2. The van der Waals surface area contributed by atoms with Crippen molar-refractivity contribution in [2.75, 3.05) is 5.32 Å². The summed E-state index contributed by atoms with van der Waals surface area (Å²) >= 11 is 9.18. The Morgan fingerprint density at radius 3 is 2.79 bits per heavy atom. The van der Waals surface area contributed by atoms with Crippen molar-refractivity contribution in [1.82, 2.24) is 4.98 Å². The third-order valence-corrected chi connectivity index (χ3v) is 5.31. The van der Waals surface area contributed by atoms with E-state index in [-0.39, 0.29) is 5.91 Å². The van der Waals surface area contributed by atoms with E-state index < -0.39 is 0 Å². The van der Waals surface area contributed by atoms with Gasteiger partial charge < -0.3 is 5.32 Å². The Kier molecular flexibility index (Phi) is 5.91. The fraction of sp³-hybridized carbons (Fsp3) is 0.111. The number of nitrogens with one attached hydrogen (secondary N) is 1. The van der Waals surface area contributed by atoms with Crippen molar-refractivity contribution >= 4 is 46.3 Å². The summed E-state index contributed by atoms with van der Waals surface area (Å²) in [5, 5.41) is 6.43. The summed E-state index contributed by atoms with van der Waals surface area (Å²) in [4.78, 5) is 17.7. The molecular weight excluding hydrogens is 360 g/mol. The van der Waals surface area contributed by atoms with Crippen LogP contribution < -0.4 is 5.32 Å². The number of anilines is 1. The van der Waals surface area contributed by atoms with E-state index in [0.29, 0.717) is 6.42 Å². The Labute approximate surface area is 154 Å². The van der Waals surface area contributed by atoms with E-state index in [0.717, 1.165) is 32.1 Å². The van der Waals surface area contributed by atoms with Crippen LogP contribution in [0, 0.1) is 0 Å². The molecule has 6 heteroatoms. The van der Waals surface area contributed by atoms with Crippen molar-refractivity contribution in [2.24, 2.45) is 0 Å². The predicted octanol–water partition coefficient (Wildman–Crippen LogP) is 5.27. The maximum atomic E-state index is 12.0. The molecule has 3 aromatic rings. The van der Waals surface area contributed by atoms with Gasteiger partial charge in [-0.25, -0.2) is 4.98 Å². The minimum atomic E-state index is -0.0513. The number of thioether (sulfide) groups is 1. The number of para-hydroxylation sites is 1. The third-order valence-electron chi connectivity index (χ3n) is 3.15. The van der Waals surface area contributed by atoms with E-state index in [1.807, 2.05) is 60.0 Å². The zero-order valence-electron chi connectivity index (χ0n) is 12.7. The van der Waals surface area contributed by atoms with Crippen LogP contribution in [-0.2, 0) is 17.0 Å². The molecular formula is C18H15ClN2OS2. The third kappa shape index (κ3) is 5.09. The number of amides is 1. The molecule has 122 valence electrons. The van der Waals surface area contributed by atoms with Crippen molar-refractivity contribution in [1.29, 1.82) is 0 Å². The molecule has 0 saturated heterocycles. The Hall–Kier alpha value is -1.82. The van der Waals surface area contributed by atoms with Gasteiger partial charge in [0.2, 0.25) is 5.91 Å². The molecule has 3 nitrogen and oxygen atoms in total. The first-order chi connectivity index (χ1) is 11.7. The average Bonchev–Trinajstić information content (AvgIpc) is 3.01. The maximum absolute atomic E-state index is 12.0. The Balaban J connectivity index is 1.52. The van der Waals surface area contributed by atoms with Crippen LogP contribution in [0.5, 0.6) is 0 Å². The van der Waals surface area contributed by atoms with Gasteiger partial charge in [-0.05, 0) is 30.3 Å². The number of hydrogen-bond acceptors (Lipinski definition) is 4. The highest BCUT2D eigenvalue weighted by molar-refractivity contribution is 7.98. The molecule has 0 saturated carbocycles. The molecule has 0 bridgehead atoms. The lowest BCUT2D eigenvalue weighted by Crippen LogP contribution is -2.14. The number of carbonyl (C=O) groups is 1. The normalized spacial score (nSPS) is 10.5. The summed E-state index contributed by atoms with van der Waals surface area (Å²) in [6, 6.07) is 17.2. The van der Waals surface area contributed by atoms with Crippen LogP contribution in [0.15, 0.2) is 64.9 Å². The first-order valence-electron chi connectivity index (χ1n) is 7.35. The van der Waals surface area contributed by atoms with Crippen LogP contribution in [0.25, 0.3) is 0 Å². The van der Waals surface area contributed by atoms with Crippen LogP contribution >= 0.6 is 34.7 Å². The maximum Gasteiger partial charge on any atom is 0.231 e. The number of rotatable bonds is 6. The van der Waals surface area contributed by atoms with E-state index in [2.05, 4.69) is 10.3 Å². The largest absolute Gasteiger partial charge is 0.326 e. The van der Waals surface area contributed by atoms with Crippen molar-refractivity contribution in [3.63, 3.8) is 0 Å². The zero-order valence-corrected chi connectivity index (χ0v) is 15.1. The van der Waals surface area contributed by atoms with Crippen molar-refractivity contribution < 1.29 is 4.79 Å². The van der Waals surface area contributed by atoms with Gasteiger partial charge in [0.15, 0.2) is 0 Å². The SMILES string of the molecule is O=C(Cc1nc(CSc2cccc(Cl)c2)cs1)Nc1ccccc1. The van der Waals surface area contributed by atoms with Crippen LogP contribution in [-0.4, -0.2) is 10.9 Å². The lowest BCUT2D eigenvalue weighted by Gasteiger charge is -2.03. The van der Waals surface area contributed by atoms with Gasteiger partial charge in [0.25, 0.3) is 0 Å². The fourth-order valence-electron chi connectivity index (χ4n) is 2.07. The Morgan fingerprint density at radius 1 is 1.17 bits per heavy atom. The second-order valence-corrected chi connectivity index (χ2v) is 7.50. The molecule has 1 amide bonds. The molecule has 1 N–H and O–H groups in total. The minimum Gasteiger partial charge on any atom is -0.326 e. The molecule has 0 unspecified atom stereocenters. The van der Waals surface area contributed by atoms with Crippen molar-refractivity contribution in [2.45, 2.75) is 17.1 Å². The summed E-state index contributed by atoms with van der Waals surface area (Å²) in [6.07, 6.45) is 0.293. The number of carbonyl (C=O) groups excluding carboxylic acids is 1. The van der Waals surface area contributed by atoms with Gasteiger partial charge in [0.05, 0.1) is 12.1 Å². The molecule has 0 aliphatic heterocycles. The zero-order chi connectivity index (χ0) is 16.8. The highest BCUT2D eigenvalue weighted by Gasteiger charge is 2.09. The average molecular weight is 375 g/mol. The van der Waals surface area contributed by atoms with Gasteiger partial charge in [-0.2, -0.15) is 0 Å². The van der Waals surface area contributed by atoms with Gasteiger partial charge in [0.1, 0.15) is 5.01 Å².